The highest BCUT2D eigenvalue weighted by atomic mass is 19.1. The van der Waals surface area contributed by atoms with Gasteiger partial charge in [0.15, 0.2) is 0 Å². The highest BCUT2D eigenvalue weighted by molar-refractivity contribution is 5.93. The Morgan fingerprint density at radius 1 is 1.04 bits per heavy atom. The predicted octanol–water partition coefficient (Wildman–Crippen LogP) is 2.83. The minimum Gasteiger partial charge on any atom is -0.388 e. The van der Waals surface area contributed by atoms with Crippen LogP contribution in [0.3, 0.4) is 0 Å². The molecule has 2 N–H and O–H groups in total. The van der Waals surface area contributed by atoms with Crippen molar-refractivity contribution in [1.29, 1.82) is 0 Å². The fourth-order valence-electron chi connectivity index (χ4n) is 2.69. The second-order valence-electron chi connectivity index (χ2n) is 6.07. The average Bonchev–Trinajstić information content (AvgIpc) is 2.69. The molecule has 3 rings (SSSR count). The standard InChI is InChI=1S/C21H19FN2O3/c22-17-7-9-18(10-8-17)24-14-16(6-11-20(24)26)21(27)23-13-12-19(25)15-4-2-1-3-5-15/h1-11,14,19,25H,12-13H2,(H,23,27). The first-order valence-corrected chi connectivity index (χ1v) is 8.54. The quantitative estimate of drug-likeness (QED) is 0.705. The maximum atomic E-state index is 13.1. The van der Waals surface area contributed by atoms with E-state index in [2.05, 4.69) is 5.32 Å². The number of benzene rings is 2. The summed E-state index contributed by atoms with van der Waals surface area (Å²) in [5.41, 5.74) is 1.23. The van der Waals surface area contributed by atoms with Gasteiger partial charge < -0.3 is 10.4 Å². The van der Waals surface area contributed by atoms with Gasteiger partial charge in [-0.05, 0) is 42.3 Å². The first kappa shape index (κ1) is 18.5. The van der Waals surface area contributed by atoms with E-state index in [4.69, 9.17) is 0 Å². The Bertz CT molecular complexity index is 969. The van der Waals surface area contributed by atoms with Crippen LogP contribution in [0.15, 0.2) is 77.7 Å². The van der Waals surface area contributed by atoms with Crippen molar-refractivity contribution in [1.82, 2.24) is 9.88 Å². The van der Waals surface area contributed by atoms with Crippen molar-refractivity contribution in [3.63, 3.8) is 0 Å². The number of aliphatic hydroxyl groups is 1. The summed E-state index contributed by atoms with van der Waals surface area (Å²) < 4.78 is 14.4. The van der Waals surface area contributed by atoms with Crippen molar-refractivity contribution >= 4 is 5.91 Å². The Morgan fingerprint density at radius 2 is 1.74 bits per heavy atom. The van der Waals surface area contributed by atoms with Gasteiger partial charge in [-0.3, -0.25) is 14.2 Å². The van der Waals surface area contributed by atoms with E-state index in [1.807, 2.05) is 30.3 Å². The van der Waals surface area contributed by atoms with Crippen molar-refractivity contribution in [3.8, 4) is 5.69 Å². The zero-order valence-electron chi connectivity index (χ0n) is 14.5. The van der Waals surface area contributed by atoms with E-state index in [0.717, 1.165) is 5.56 Å². The number of halogens is 1. The maximum Gasteiger partial charge on any atom is 0.255 e. The lowest BCUT2D eigenvalue weighted by Gasteiger charge is -2.12. The number of aromatic nitrogens is 1. The molecule has 1 aromatic heterocycles. The summed E-state index contributed by atoms with van der Waals surface area (Å²) in [4.78, 5) is 24.4. The molecule has 0 aliphatic rings. The molecule has 0 aliphatic carbocycles. The van der Waals surface area contributed by atoms with Gasteiger partial charge in [0.05, 0.1) is 11.7 Å². The fourth-order valence-corrected chi connectivity index (χ4v) is 2.69. The molecular weight excluding hydrogens is 347 g/mol. The largest absolute Gasteiger partial charge is 0.388 e. The fraction of sp³-hybridized carbons (Fsp3) is 0.143. The normalized spacial score (nSPS) is 11.8. The molecule has 1 atom stereocenters. The van der Waals surface area contributed by atoms with Gasteiger partial charge in [0.25, 0.3) is 11.5 Å². The molecule has 27 heavy (non-hydrogen) atoms. The van der Waals surface area contributed by atoms with E-state index in [1.165, 1.54) is 47.2 Å². The van der Waals surface area contributed by atoms with Crippen LogP contribution in [0.5, 0.6) is 0 Å². The van der Waals surface area contributed by atoms with Gasteiger partial charge >= 0.3 is 0 Å². The SMILES string of the molecule is O=C(NCCC(O)c1ccccc1)c1ccc(=O)n(-c2ccc(F)cc2)c1. The third kappa shape index (κ3) is 4.68. The van der Waals surface area contributed by atoms with E-state index >= 15 is 0 Å². The lowest BCUT2D eigenvalue weighted by molar-refractivity contribution is 0.0942. The van der Waals surface area contributed by atoms with E-state index in [0.29, 0.717) is 17.7 Å². The van der Waals surface area contributed by atoms with Gasteiger partial charge in [0.1, 0.15) is 5.82 Å². The summed E-state index contributed by atoms with van der Waals surface area (Å²) in [6.45, 7) is 0.282. The summed E-state index contributed by atoms with van der Waals surface area (Å²) in [7, 11) is 0. The Kier molecular flexibility index (Phi) is 5.78. The molecule has 0 saturated heterocycles. The number of amides is 1. The number of nitrogens with zero attached hydrogens (tertiary/aromatic N) is 1. The molecule has 0 saturated carbocycles. The number of aliphatic hydroxyl groups excluding tert-OH is 1. The van der Waals surface area contributed by atoms with E-state index in [9.17, 15) is 19.1 Å². The minimum atomic E-state index is -0.667. The van der Waals surface area contributed by atoms with Crippen LogP contribution < -0.4 is 10.9 Å². The molecule has 0 bridgehead atoms. The highest BCUT2D eigenvalue weighted by Crippen LogP contribution is 2.15. The van der Waals surface area contributed by atoms with Crippen LogP contribution in [-0.4, -0.2) is 22.1 Å². The molecule has 1 unspecified atom stereocenters. The molecule has 0 aliphatic heterocycles. The van der Waals surface area contributed by atoms with Crippen LogP contribution in [0, 0.1) is 5.82 Å². The van der Waals surface area contributed by atoms with Crippen molar-refractivity contribution in [2.75, 3.05) is 6.54 Å². The molecule has 1 amide bonds. The van der Waals surface area contributed by atoms with Gasteiger partial charge in [-0.2, -0.15) is 0 Å². The highest BCUT2D eigenvalue weighted by Gasteiger charge is 2.11. The van der Waals surface area contributed by atoms with Crippen LogP contribution >= 0.6 is 0 Å². The van der Waals surface area contributed by atoms with Crippen molar-refractivity contribution < 1.29 is 14.3 Å². The summed E-state index contributed by atoms with van der Waals surface area (Å²) in [5.74, 6) is -0.760. The minimum absolute atomic E-state index is 0.282. The summed E-state index contributed by atoms with van der Waals surface area (Å²) >= 11 is 0. The number of rotatable bonds is 6. The number of hydrogen-bond donors (Lipinski definition) is 2. The number of hydrogen-bond acceptors (Lipinski definition) is 3. The zero-order chi connectivity index (χ0) is 19.2. The first-order valence-electron chi connectivity index (χ1n) is 8.54. The average molecular weight is 366 g/mol. The summed E-state index contributed by atoms with van der Waals surface area (Å²) in [5, 5.41) is 12.9. The Balaban J connectivity index is 1.66. The predicted molar refractivity (Wildman–Crippen MR) is 100 cm³/mol. The van der Waals surface area contributed by atoms with Gasteiger partial charge in [0, 0.05) is 24.5 Å². The Labute approximate surface area is 155 Å². The van der Waals surface area contributed by atoms with Gasteiger partial charge in [-0.1, -0.05) is 30.3 Å². The second kappa shape index (κ2) is 8.42. The van der Waals surface area contributed by atoms with Crippen LogP contribution in [0.1, 0.15) is 28.4 Å². The molecule has 1 heterocycles. The Hall–Kier alpha value is -3.25. The lowest BCUT2D eigenvalue weighted by atomic mass is 10.1. The molecule has 5 nitrogen and oxygen atoms in total. The molecule has 0 spiro atoms. The Morgan fingerprint density at radius 3 is 2.44 bits per heavy atom. The zero-order valence-corrected chi connectivity index (χ0v) is 14.5. The van der Waals surface area contributed by atoms with Gasteiger partial charge in [-0.15, -0.1) is 0 Å². The summed E-state index contributed by atoms with van der Waals surface area (Å²) in [6.07, 6.45) is 1.12. The van der Waals surface area contributed by atoms with Crippen LogP contribution in [0.4, 0.5) is 4.39 Å². The molecule has 2 aromatic carbocycles. The van der Waals surface area contributed by atoms with Crippen molar-refractivity contribution in [2.24, 2.45) is 0 Å². The van der Waals surface area contributed by atoms with Crippen LogP contribution in [0.25, 0.3) is 5.69 Å². The molecule has 138 valence electrons. The lowest BCUT2D eigenvalue weighted by Crippen LogP contribution is -2.27. The van der Waals surface area contributed by atoms with Crippen LogP contribution in [-0.2, 0) is 0 Å². The third-order valence-electron chi connectivity index (χ3n) is 4.17. The topological polar surface area (TPSA) is 71.3 Å². The van der Waals surface area contributed by atoms with Crippen molar-refractivity contribution in [3.05, 3.63) is 100 Å². The molecule has 6 heteroatoms. The van der Waals surface area contributed by atoms with E-state index in [1.54, 1.807) is 0 Å². The summed E-state index contributed by atoms with van der Waals surface area (Å²) in [6, 6.07) is 17.4. The first-order chi connectivity index (χ1) is 13.0. The number of carbonyl (C=O) groups excluding carboxylic acids is 1. The van der Waals surface area contributed by atoms with Crippen LogP contribution in [0.2, 0.25) is 0 Å². The number of pyridine rings is 1. The number of carbonyl (C=O) groups is 1. The van der Waals surface area contributed by atoms with Gasteiger partial charge in [-0.25, -0.2) is 4.39 Å². The monoisotopic (exact) mass is 366 g/mol. The third-order valence-corrected chi connectivity index (χ3v) is 4.17. The molecule has 0 radical (unpaired) electrons. The smallest absolute Gasteiger partial charge is 0.255 e. The molecular formula is C21H19FN2O3. The van der Waals surface area contributed by atoms with Gasteiger partial charge in [0.2, 0.25) is 0 Å². The molecule has 3 aromatic rings. The second-order valence-corrected chi connectivity index (χ2v) is 6.07. The number of nitrogens with one attached hydrogen (secondary N) is 1. The van der Waals surface area contributed by atoms with E-state index < -0.39 is 11.9 Å². The van der Waals surface area contributed by atoms with Crippen molar-refractivity contribution in [2.45, 2.75) is 12.5 Å². The maximum absolute atomic E-state index is 13.1. The molecule has 0 fully saturated rings. The van der Waals surface area contributed by atoms with E-state index in [-0.39, 0.29) is 18.0 Å².